The molecule has 1 fully saturated rings. The van der Waals surface area contributed by atoms with Gasteiger partial charge in [-0.2, -0.15) is 23.5 Å². The van der Waals surface area contributed by atoms with Crippen molar-refractivity contribution in [3.05, 3.63) is 18.2 Å². The minimum Gasteiger partial charge on any atom is -0.369 e. The third-order valence-electron chi connectivity index (χ3n) is 2.29. The molecular formula is C10H16N4S2. The number of anilines is 2. The van der Waals surface area contributed by atoms with E-state index in [0.29, 0.717) is 11.1 Å². The maximum atomic E-state index is 5.31. The van der Waals surface area contributed by atoms with Crippen molar-refractivity contribution in [2.75, 3.05) is 34.5 Å². The SMILES string of the molecule is NNc1cccc(NCC2CSCCS2)n1. The second kappa shape index (κ2) is 6.22. The maximum Gasteiger partial charge on any atom is 0.142 e. The fourth-order valence-corrected chi connectivity index (χ4v) is 4.10. The lowest BCUT2D eigenvalue weighted by Gasteiger charge is -2.21. The summed E-state index contributed by atoms with van der Waals surface area (Å²) in [7, 11) is 0. The summed E-state index contributed by atoms with van der Waals surface area (Å²) in [6.07, 6.45) is 0. The van der Waals surface area contributed by atoms with Gasteiger partial charge in [-0.3, -0.25) is 0 Å². The Hall–Kier alpha value is -0.590. The molecule has 4 N–H and O–H groups in total. The van der Waals surface area contributed by atoms with Crippen LogP contribution in [0.25, 0.3) is 0 Å². The van der Waals surface area contributed by atoms with Crippen LogP contribution in [-0.4, -0.2) is 34.0 Å². The fourth-order valence-electron chi connectivity index (χ4n) is 1.49. The van der Waals surface area contributed by atoms with Crippen molar-refractivity contribution in [1.29, 1.82) is 0 Å². The Morgan fingerprint density at radius 3 is 3.00 bits per heavy atom. The van der Waals surface area contributed by atoms with Crippen LogP contribution in [0.15, 0.2) is 18.2 Å². The van der Waals surface area contributed by atoms with E-state index < -0.39 is 0 Å². The van der Waals surface area contributed by atoms with Crippen molar-refractivity contribution in [3.63, 3.8) is 0 Å². The predicted molar refractivity (Wildman–Crippen MR) is 74.1 cm³/mol. The molecule has 0 spiro atoms. The van der Waals surface area contributed by atoms with Crippen molar-refractivity contribution in [2.45, 2.75) is 5.25 Å². The van der Waals surface area contributed by atoms with E-state index >= 15 is 0 Å². The normalized spacial score (nSPS) is 20.4. The van der Waals surface area contributed by atoms with Crippen LogP contribution in [0.4, 0.5) is 11.6 Å². The number of thioether (sulfide) groups is 2. The van der Waals surface area contributed by atoms with Crippen LogP contribution in [-0.2, 0) is 0 Å². The largest absolute Gasteiger partial charge is 0.369 e. The van der Waals surface area contributed by atoms with E-state index in [2.05, 4.69) is 15.7 Å². The van der Waals surface area contributed by atoms with Gasteiger partial charge in [0.2, 0.25) is 0 Å². The quantitative estimate of drug-likeness (QED) is 0.562. The summed E-state index contributed by atoms with van der Waals surface area (Å²) in [5.41, 5.74) is 2.54. The van der Waals surface area contributed by atoms with E-state index in [1.165, 1.54) is 17.3 Å². The Morgan fingerprint density at radius 1 is 1.38 bits per heavy atom. The van der Waals surface area contributed by atoms with E-state index in [9.17, 15) is 0 Å². The van der Waals surface area contributed by atoms with Crippen LogP contribution in [0.3, 0.4) is 0 Å². The fraction of sp³-hybridized carbons (Fsp3) is 0.500. The van der Waals surface area contributed by atoms with Crippen LogP contribution < -0.4 is 16.6 Å². The highest BCUT2D eigenvalue weighted by Crippen LogP contribution is 2.24. The molecule has 2 rings (SSSR count). The third kappa shape index (κ3) is 3.47. The number of aromatic nitrogens is 1. The lowest BCUT2D eigenvalue weighted by atomic mass is 10.4. The monoisotopic (exact) mass is 256 g/mol. The van der Waals surface area contributed by atoms with Gasteiger partial charge in [0, 0.05) is 29.1 Å². The zero-order valence-corrected chi connectivity index (χ0v) is 10.6. The van der Waals surface area contributed by atoms with E-state index in [1.807, 2.05) is 41.7 Å². The second-order valence-corrected chi connectivity index (χ2v) is 6.06. The molecule has 1 aromatic rings. The van der Waals surface area contributed by atoms with Crippen LogP contribution in [0.2, 0.25) is 0 Å². The minimum atomic E-state index is 0.690. The van der Waals surface area contributed by atoms with Crippen molar-refractivity contribution < 1.29 is 0 Å². The molecule has 16 heavy (non-hydrogen) atoms. The van der Waals surface area contributed by atoms with Crippen molar-refractivity contribution in [2.24, 2.45) is 5.84 Å². The minimum absolute atomic E-state index is 0.690. The van der Waals surface area contributed by atoms with E-state index in [1.54, 1.807) is 0 Å². The molecule has 0 aliphatic carbocycles. The van der Waals surface area contributed by atoms with Crippen molar-refractivity contribution in [3.8, 4) is 0 Å². The average Bonchev–Trinajstić information content (AvgIpc) is 2.38. The summed E-state index contributed by atoms with van der Waals surface area (Å²) < 4.78 is 0. The number of hydrogen-bond donors (Lipinski definition) is 3. The molecule has 0 bridgehead atoms. The summed E-state index contributed by atoms with van der Waals surface area (Å²) in [5, 5.41) is 4.04. The number of nitrogens with one attached hydrogen (secondary N) is 2. The molecule has 0 radical (unpaired) electrons. The topological polar surface area (TPSA) is 63.0 Å². The molecule has 0 aromatic carbocycles. The number of nitrogens with zero attached hydrogens (tertiary/aromatic N) is 1. The van der Waals surface area contributed by atoms with Gasteiger partial charge in [-0.1, -0.05) is 6.07 Å². The van der Waals surface area contributed by atoms with Gasteiger partial charge >= 0.3 is 0 Å². The maximum absolute atomic E-state index is 5.31. The zero-order chi connectivity index (χ0) is 11.2. The first kappa shape index (κ1) is 11.9. The van der Waals surface area contributed by atoms with Crippen LogP contribution in [0, 0.1) is 0 Å². The summed E-state index contributed by atoms with van der Waals surface area (Å²) >= 11 is 4.07. The number of hydrogen-bond acceptors (Lipinski definition) is 6. The number of nitrogen functional groups attached to an aromatic ring is 1. The number of hydrazine groups is 1. The Labute approximate surface area is 104 Å². The Kier molecular flexibility index (Phi) is 4.62. The van der Waals surface area contributed by atoms with Gasteiger partial charge in [0.15, 0.2) is 0 Å². The highest BCUT2D eigenvalue weighted by atomic mass is 32.2. The first-order chi connectivity index (χ1) is 7.88. The molecule has 1 aromatic heterocycles. The van der Waals surface area contributed by atoms with Crippen molar-refractivity contribution in [1.82, 2.24) is 4.98 Å². The van der Waals surface area contributed by atoms with Crippen LogP contribution >= 0.6 is 23.5 Å². The molecule has 1 saturated heterocycles. The van der Waals surface area contributed by atoms with E-state index in [-0.39, 0.29) is 0 Å². The number of nitrogens with two attached hydrogens (primary N) is 1. The molecule has 1 atom stereocenters. The predicted octanol–water partition coefficient (Wildman–Crippen LogP) is 1.63. The van der Waals surface area contributed by atoms with Gasteiger partial charge in [0.05, 0.1) is 0 Å². The first-order valence-electron chi connectivity index (χ1n) is 5.25. The van der Waals surface area contributed by atoms with Gasteiger partial charge in [0.1, 0.15) is 11.6 Å². The molecule has 0 saturated carbocycles. The summed E-state index contributed by atoms with van der Waals surface area (Å²) in [6.45, 7) is 0.971. The smallest absolute Gasteiger partial charge is 0.142 e. The highest BCUT2D eigenvalue weighted by Gasteiger charge is 2.13. The van der Waals surface area contributed by atoms with E-state index in [4.69, 9.17) is 5.84 Å². The molecule has 0 amide bonds. The van der Waals surface area contributed by atoms with E-state index in [0.717, 1.165) is 12.4 Å². The molecule has 88 valence electrons. The molecule has 6 heteroatoms. The third-order valence-corrected chi connectivity index (χ3v) is 5.14. The van der Waals surface area contributed by atoms with Gasteiger partial charge in [-0.15, -0.1) is 0 Å². The highest BCUT2D eigenvalue weighted by molar-refractivity contribution is 8.06. The van der Waals surface area contributed by atoms with Gasteiger partial charge in [-0.25, -0.2) is 10.8 Å². The number of pyridine rings is 1. The molecular weight excluding hydrogens is 240 g/mol. The molecule has 4 nitrogen and oxygen atoms in total. The van der Waals surface area contributed by atoms with Crippen LogP contribution in [0.5, 0.6) is 0 Å². The molecule has 1 aliphatic heterocycles. The van der Waals surface area contributed by atoms with Gasteiger partial charge < -0.3 is 10.7 Å². The lowest BCUT2D eigenvalue weighted by molar-refractivity contribution is 0.993. The standard InChI is InChI=1S/C10H16N4S2/c11-14-10-3-1-2-9(13-10)12-6-8-7-15-4-5-16-8/h1-3,8H,4-7,11H2,(H2,12,13,14). The lowest BCUT2D eigenvalue weighted by Crippen LogP contribution is -2.23. The molecule has 2 heterocycles. The molecule has 1 aliphatic rings. The Morgan fingerprint density at radius 2 is 2.25 bits per heavy atom. The molecule has 1 unspecified atom stereocenters. The van der Waals surface area contributed by atoms with Gasteiger partial charge in [0.25, 0.3) is 0 Å². The summed E-state index contributed by atoms with van der Waals surface area (Å²) in [4.78, 5) is 4.31. The van der Waals surface area contributed by atoms with Crippen molar-refractivity contribution >= 4 is 35.2 Å². The van der Waals surface area contributed by atoms with Crippen LogP contribution in [0.1, 0.15) is 0 Å². The first-order valence-corrected chi connectivity index (χ1v) is 7.46. The van der Waals surface area contributed by atoms with Gasteiger partial charge in [-0.05, 0) is 12.1 Å². The Balaban J connectivity index is 1.83. The summed E-state index contributed by atoms with van der Waals surface area (Å²) in [5.74, 6) is 10.7. The zero-order valence-electron chi connectivity index (χ0n) is 8.98. The summed E-state index contributed by atoms with van der Waals surface area (Å²) in [6, 6.07) is 5.74. The Bertz CT molecular complexity index is 328. The average molecular weight is 256 g/mol. The second-order valence-electron chi connectivity index (χ2n) is 3.50. The number of rotatable bonds is 4.